The molecule has 426 valence electrons. The molecule has 16 nitrogen and oxygen atoms in total. The van der Waals surface area contributed by atoms with Crippen LogP contribution in [0.2, 0.25) is 0 Å². The van der Waals surface area contributed by atoms with E-state index in [9.17, 15) is 9.59 Å². The first kappa shape index (κ1) is 58.7. The summed E-state index contributed by atoms with van der Waals surface area (Å²) in [6.07, 6.45) is 7.30. The van der Waals surface area contributed by atoms with Crippen molar-refractivity contribution in [1.82, 2.24) is 10.1 Å². The maximum atomic E-state index is 13.0. The topological polar surface area (TPSA) is 158 Å². The molecule has 0 bridgehead atoms. The molecule has 2 spiro atoms. The van der Waals surface area contributed by atoms with Crippen molar-refractivity contribution in [3.8, 4) is 11.5 Å². The molecule has 6 aliphatic rings. The molecule has 0 N–H and O–H groups in total. The van der Waals surface area contributed by atoms with Gasteiger partial charge in [0.1, 0.15) is 74.6 Å². The number of benzene rings is 2. The van der Waals surface area contributed by atoms with Crippen molar-refractivity contribution < 1.29 is 66.6 Å². The number of esters is 2. The predicted octanol–water partition coefficient (Wildman–Crippen LogP) is 10.9. The van der Waals surface area contributed by atoms with Gasteiger partial charge in [0.15, 0.2) is 11.6 Å². The highest BCUT2D eigenvalue weighted by molar-refractivity contribution is 5.69. The van der Waals surface area contributed by atoms with E-state index in [0.717, 1.165) is 74.4 Å². The molecule has 0 aromatic heterocycles. The number of hydrogen-bond donors (Lipinski definition) is 0. The smallest absolute Gasteiger partial charge is 0.305 e. The summed E-state index contributed by atoms with van der Waals surface area (Å²) in [5, 5.41) is 4.45. The van der Waals surface area contributed by atoms with E-state index in [1.54, 1.807) is 0 Å². The van der Waals surface area contributed by atoms with Crippen molar-refractivity contribution in [2.45, 2.75) is 230 Å². The zero-order valence-electron chi connectivity index (χ0n) is 48.0. The molecule has 76 heavy (non-hydrogen) atoms. The second kappa shape index (κ2) is 24.5. The molecule has 0 aliphatic carbocycles. The number of unbranched alkanes of at least 4 members (excludes halogenated alkanes) is 3. The highest BCUT2D eigenvalue weighted by atomic mass is 16.8. The lowest BCUT2D eigenvalue weighted by atomic mass is 9.67. The third-order valence-corrected chi connectivity index (χ3v) is 18.3. The monoisotopic (exact) mass is 1060 g/mol. The van der Waals surface area contributed by atoms with Crippen LogP contribution < -0.4 is 9.47 Å². The standard InChI is InChI=1S/C60H92N2O14/c1-13-55(9)39-59(43(7)57(11,15-3)61(55)75-41(5)45-23-27-47(28-24-45)65-31-49-33-67-49)71-37-51(73-59)35-69-53(63)21-19-17-18-20-22-54(64)70-36-52-38-72-60(74-52)40-56(10,14-2)62(58(12,16-4)44(60)8)76-42(6)46-25-29-48(30-26-46)66-32-50-34-68-50/h23-30,41-44,49-52H,13-22,31-40H2,1-12H3. The zero-order valence-corrected chi connectivity index (χ0v) is 48.0. The van der Waals surface area contributed by atoms with Crippen LogP contribution in [0.15, 0.2) is 48.5 Å². The van der Waals surface area contributed by atoms with Gasteiger partial charge in [-0.15, -0.1) is 0 Å². The molecule has 0 radical (unpaired) electrons. The number of carbonyl (C=O) groups excluding carboxylic acids is 2. The Morgan fingerprint density at radius 1 is 0.539 bits per heavy atom. The van der Waals surface area contributed by atoms with E-state index in [-0.39, 0.29) is 73.6 Å². The summed E-state index contributed by atoms with van der Waals surface area (Å²) in [5.41, 5.74) is 0.489. The molecule has 14 atom stereocenters. The molecule has 6 fully saturated rings. The summed E-state index contributed by atoms with van der Waals surface area (Å²) in [5.74, 6) is -0.684. The number of piperidine rings is 2. The van der Waals surface area contributed by atoms with Gasteiger partial charge in [-0.1, -0.05) is 78.6 Å². The summed E-state index contributed by atoms with van der Waals surface area (Å²) in [6.45, 7) is 29.9. The van der Waals surface area contributed by atoms with Gasteiger partial charge in [0.2, 0.25) is 0 Å². The second-order valence-electron chi connectivity index (χ2n) is 23.7. The maximum absolute atomic E-state index is 13.0. The van der Waals surface area contributed by atoms with Crippen molar-refractivity contribution in [3.63, 3.8) is 0 Å². The minimum absolute atomic E-state index is 0.0553. The van der Waals surface area contributed by atoms with Crippen LogP contribution in [0, 0.1) is 11.8 Å². The van der Waals surface area contributed by atoms with Gasteiger partial charge in [0.05, 0.1) is 37.5 Å². The molecule has 0 amide bonds. The van der Waals surface area contributed by atoms with Gasteiger partial charge < -0.3 is 47.4 Å². The van der Waals surface area contributed by atoms with Gasteiger partial charge in [-0.05, 0) is 115 Å². The molecule has 8 rings (SSSR count). The molecule has 2 aromatic rings. The van der Waals surface area contributed by atoms with E-state index in [1.165, 1.54) is 0 Å². The number of carbonyl (C=O) groups is 2. The number of epoxide rings is 2. The van der Waals surface area contributed by atoms with Gasteiger partial charge >= 0.3 is 11.9 Å². The van der Waals surface area contributed by atoms with Crippen molar-refractivity contribution in [2.24, 2.45) is 11.8 Å². The lowest BCUT2D eigenvalue weighted by Gasteiger charge is -2.62. The van der Waals surface area contributed by atoms with Crippen molar-refractivity contribution >= 4 is 11.9 Å². The molecule has 14 unspecified atom stereocenters. The number of ether oxygens (including phenoxy) is 10. The SMILES string of the molecule is CCC1(C)CC2(OCC(COC(=O)CCCCCCC(=O)OCC3COC4(CC(C)(CC)N(OC(C)c5ccc(OCC6CO6)cc5)C(C)(CC)C4C)O3)O2)C(C)C(C)(CC)N1OC(C)c1ccc(OCC2CO2)cc1. The van der Waals surface area contributed by atoms with Crippen LogP contribution in [0.25, 0.3) is 0 Å². The van der Waals surface area contributed by atoms with Crippen molar-refractivity contribution in [1.29, 1.82) is 0 Å². The minimum atomic E-state index is -0.850. The Morgan fingerprint density at radius 2 is 0.908 bits per heavy atom. The fourth-order valence-electron chi connectivity index (χ4n) is 12.2. The Balaban J connectivity index is 0.725. The first-order valence-corrected chi connectivity index (χ1v) is 28.8. The van der Waals surface area contributed by atoms with E-state index < -0.39 is 33.7 Å². The highest BCUT2D eigenvalue weighted by Gasteiger charge is 2.66. The highest BCUT2D eigenvalue weighted by Crippen LogP contribution is 2.57. The number of hydrogen-bond acceptors (Lipinski definition) is 16. The maximum Gasteiger partial charge on any atom is 0.305 e. The second-order valence-corrected chi connectivity index (χ2v) is 23.7. The molecular weight excluding hydrogens is 973 g/mol. The van der Waals surface area contributed by atoms with Gasteiger partial charge in [0.25, 0.3) is 0 Å². The first-order chi connectivity index (χ1) is 36.3. The van der Waals surface area contributed by atoms with Crippen LogP contribution in [0.1, 0.15) is 183 Å². The molecule has 16 heteroatoms. The van der Waals surface area contributed by atoms with Gasteiger partial charge in [-0.3, -0.25) is 19.3 Å². The summed E-state index contributed by atoms with van der Waals surface area (Å²) >= 11 is 0. The van der Waals surface area contributed by atoms with Gasteiger partial charge in [0, 0.05) is 48.6 Å². The largest absolute Gasteiger partial charge is 0.491 e. The quantitative estimate of drug-likeness (QED) is 0.0472. The van der Waals surface area contributed by atoms with Crippen molar-refractivity contribution in [2.75, 3.05) is 52.9 Å². The van der Waals surface area contributed by atoms with Crippen LogP contribution in [0.3, 0.4) is 0 Å². The van der Waals surface area contributed by atoms with Crippen LogP contribution in [-0.4, -0.2) is 133 Å². The minimum Gasteiger partial charge on any atom is -0.491 e. The van der Waals surface area contributed by atoms with Crippen LogP contribution in [0.5, 0.6) is 11.5 Å². The third kappa shape index (κ3) is 13.1. The average molecular weight is 1070 g/mol. The van der Waals surface area contributed by atoms with E-state index in [1.807, 2.05) is 24.3 Å². The summed E-state index contributed by atoms with van der Waals surface area (Å²) in [6, 6.07) is 16.2. The summed E-state index contributed by atoms with van der Waals surface area (Å²) < 4.78 is 60.7. The van der Waals surface area contributed by atoms with E-state index in [0.29, 0.717) is 65.0 Å². The molecule has 0 saturated carbocycles. The van der Waals surface area contributed by atoms with E-state index >= 15 is 0 Å². The average Bonchev–Trinajstić information content (AvgIpc) is 4.42. The Kier molecular flexibility index (Phi) is 18.9. The van der Waals surface area contributed by atoms with Crippen LogP contribution in [0.4, 0.5) is 0 Å². The van der Waals surface area contributed by atoms with E-state index in [4.69, 9.17) is 57.0 Å². The molecular formula is C60H92N2O14. The van der Waals surface area contributed by atoms with Crippen LogP contribution >= 0.6 is 0 Å². The third-order valence-electron chi connectivity index (χ3n) is 18.3. The molecule has 6 heterocycles. The first-order valence-electron chi connectivity index (χ1n) is 28.8. The van der Waals surface area contributed by atoms with Gasteiger partial charge in [-0.2, -0.15) is 10.1 Å². The predicted molar refractivity (Wildman–Crippen MR) is 285 cm³/mol. The lowest BCUT2D eigenvalue weighted by Crippen LogP contribution is -2.71. The Hall–Kier alpha value is -3.42. The lowest BCUT2D eigenvalue weighted by molar-refractivity contribution is -0.380. The summed E-state index contributed by atoms with van der Waals surface area (Å²) in [7, 11) is 0. The number of hydroxylamine groups is 4. The molecule has 2 aromatic carbocycles. The fraction of sp³-hybridized carbons (Fsp3) is 0.767. The Labute approximate surface area is 453 Å². The normalized spacial score (nSPS) is 36.1. The van der Waals surface area contributed by atoms with Crippen molar-refractivity contribution in [3.05, 3.63) is 59.7 Å². The molecule has 6 aliphatic heterocycles. The number of nitrogens with zero attached hydrogens (tertiary/aromatic N) is 2. The van der Waals surface area contributed by atoms with E-state index in [2.05, 4.69) is 117 Å². The van der Waals surface area contributed by atoms with Crippen LogP contribution in [-0.2, 0) is 57.2 Å². The Morgan fingerprint density at radius 3 is 1.24 bits per heavy atom. The Bertz CT molecular complexity index is 2060. The fourth-order valence-corrected chi connectivity index (χ4v) is 12.2. The molecule has 6 saturated heterocycles. The van der Waals surface area contributed by atoms with Gasteiger partial charge in [-0.25, -0.2) is 0 Å². The zero-order chi connectivity index (χ0) is 54.5. The number of rotatable bonds is 27. The summed E-state index contributed by atoms with van der Waals surface area (Å²) in [4.78, 5) is 39.8.